The Morgan fingerprint density at radius 1 is 1.20 bits per heavy atom. The Morgan fingerprint density at radius 2 is 1.80 bits per heavy atom. The van der Waals surface area contributed by atoms with Gasteiger partial charge in [0.2, 0.25) is 11.8 Å². The number of carbonyl (C=O) groups excluding carboxylic acids is 2. The molecule has 0 saturated carbocycles. The van der Waals surface area contributed by atoms with Crippen molar-refractivity contribution in [3.05, 3.63) is 29.8 Å². The van der Waals surface area contributed by atoms with Crippen LogP contribution in [0, 0.1) is 0 Å². The summed E-state index contributed by atoms with van der Waals surface area (Å²) in [7, 11) is 0. The highest BCUT2D eigenvalue weighted by molar-refractivity contribution is 5.89. The first-order valence-corrected chi connectivity index (χ1v) is 6.31. The summed E-state index contributed by atoms with van der Waals surface area (Å²) in [6.45, 7) is 3.11. The molecule has 2 amide bonds. The molecule has 0 heterocycles. The van der Waals surface area contributed by atoms with Gasteiger partial charge in [-0.1, -0.05) is 19.1 Å². The van der Waals surface area contributed by atoms with Gasteiger partial charge >= 0.3 is 5.97 Å². The van der Waals surface area contributed by atoms with E-state index in [0.717, 1.165) is 5.56 Å². The van der Waals surface area contributed by atoms with E-state index >= 15 is 0 Å². The maximum absolute atomic E-state index is 11.7. The summed E-state index contributed by atoms with van der Waals surface area (Å²) < 4.78 is 0. The van der Waals surface area contributed by atoms with Crippen molar-refractivity contribution in [2.75, 3.05) is 5.32 Å². The Hall–Kier alpha value is -2.37. The maximum Gasteiger partial charge on any atom is 0.326 e. The van der Waals surface area contributed by atoms with Crippen molar-refractivity contribution >= 4 is 23.5 Å². The largest absolute Gasteiger partial charge is 0.480 e. The number of carbonyl (C=O) groups is 3. The predicted octanol–water partition coefficient (Wildman–Crippen LogP) is 1.17. The zero-order valence-electron chi connectivity index (χ0n) is 11.5. The number of hydrogen-bond donors (Lipinski definition) is 3. The number of amides is 2. The Kier molecular flexibility index (Phi) is 5.71. The Morgan fingerprint density at radius 3 is 2.25 bits per heavy atom. The van der Waals surface area contributed by atoms with E-state index < -0.39 is 12.0 Å². The molecule has 6 heteroatoms. The monoisotopic (exact) mass is 278 g/mol. The topological polar surface area (TPSA) is 95.5 Å². The Labute approximate surface area is 117 Å². The molecule has 0 fully saturated rings. The normalized spacial score (nSPS) is 11.5. The van der Waals surface area contributed by atoms with Gasteiger partial charge in [0, 0.05) is 12.6 Å². The highest BCUT2D eigenvalue weighted by atomic mass is 16.4. The van der Waals surface area contributed by atoms with Crippen molar-refractivity contribution in [3.63, 3.8) is 0 Å². The van der Waals surface area contributed by atoms with Gasteiger partial charge in [0.1, 0.15) is 6.04 Å². The first kappa shape index (κ1) is 15.7. The van der Waals surface area contributed by atoms with Gasteiger partial charge in [-0.05, 0) is 24.1 Å². The van der Waals surface area contributed by atoms with Gasteiger partial charge in [-0.2, -0.15) is 0 Å². The number of carboxylic acid groups (broad SMARTS) is 1. The van der Waals surface area contributed by atoms with Crippen LogP contribution in [-0.2, 0) is 20.8 Å². The van der Waals surface area contributed by atoms with E-state index in [-0.39, 0.29) is 18.2 Å². The molecule has 0 aliphatic rings. The van der Waals surface area contributed by atoms with Crippen LogP contribution < -0.4 is 10.6 Å². The minimum atomic E-state index is -1.04. The smallest absolute Gasteiger partial charge is 0.326 e. The average molecular weight is 278 g/mol. The molecule has 0 aromatic heterocycles. The van der Waals surface area contributed by atoms with E-state index in [1.165, 1.54) is 6.92 Å². The van der Waals surface area contributed by atoms with Crippen molar-refractivity contribution in [1.82, 2.24) is 5.32 Å². The molecule has 0 unspecified atom stereocenters. The molecule has 1 aromatic rings. The quantitative estimate of drug-likeness (QED) is 0.727. The van der Waals surface area contributed by atoms with Crippen molar-refractivity contribution in [2.45, 2.75) is 32.7 Å². The third-order valence-corrected chi connectivity index (χ3v) is 2.68. The lowest BCUT2D eigenvalue weighted by molar-refractivity contribution is -0.141. The molecular weight excluding hydrogens is 260 g/mol. The first-order chi connectivity index (χ1) is 9.42. The summed E-state index contributed by atoms with van der Waals surface area (Å²) in [6, 6.07) is 5.96. The molecule has 108 valence electrons. The standard InChI is InChI=1S/C14H18N2O4/c1-3-12(14(19)20)16-13(18)8-10-4-6-11(7-5-10)15-9(2)17/h4-7,12H,3,8H2,1-2H3,(H,15,17)(H,16,18)(H,19,20)/t12-/m1/s1. The van der Waals surface area contributed by atoms with Crippen LogP contribution in [0.3, 0.4) is 0 Å². The number of nitrogens with one attached hydrogen (secondary N) is 2. The zero-order chi connectivity index (χ0) is 15.1. The summed E-state index contributed by atoms with van der Waals surface area (Å²) in [5.74, 6) is -1.55. The summed E-state index contributed by atoms with van der Waals surface area (Å²) in [4.78, 5) is 33.4. The molecule has 0 aliphatic carbocycles. The number of hydrogen-bond acceptors (Lipinski definition) is 3. The molecule has 0 saturated heterocycles. The van der Waals surface area contributed by atoms with E-state index in [0.29, 0.717) is 12.1 Å². The molecule has 1 aromatic carbocycles. The van der Waals surface area contributed by atoms with Crippen LogP contribution >= 0.6 is 0 Å². The van der Waals surface area contributed by atoms with Gasteiger partial charge in [0.05, 0.1) is 6.42 Å². The second kappa shape index (κ2) is 7.28. The van der Waals surface area contributed by atoms with Crippen molar-refractivity contribution < 1.29 is 19.5 Å². The van der Waals surface area contributed by atoms with Gasteiger partial charge in [-0.15, -0.1) is 0 Å². The zero-order valence-corrected chi connectivity index (χ0v) is 11.5. The summed E-state index contributed by atoms with van der Waals surface area (Å²) in [5.41, 5.74) is 1.40. The molecule has 0 radical (unpaired) electrons. The lowest BCUT2D eigenvalue weighted by Gasteiger charge is -2.12. The van der Waals surface area contributed by atoms with E-state index in [1.807, 2.05) is 0 Å². The van der Waals surface area contributed by atoms with Gasteiger partial charge in [0.25, 0.3) is 0 Å². The van der Waals surface area contributed by atoms with Crippen LogP contribution in [0.2, 0.25) is 0 Å². The van der Waals surface area contributed by atoms with E-state index in [9.17, 15) is 14.4 Å². The Bertz CT molecular complexity index is 496. The van der Waals surface area contributed by atoms with Crippen molar-refractivity contribution in [3.8, 4) is 0 Å². The third kappa shape index (κ3) is 5.09. The fraction of sp³-hybridized carbons (Fsp3) is 0.357. The van der Waals surface area contributed by atoms with Crippen LogP contribution in [0.5, 0.6) is 0 Å². The molecule has 1 rings (SSSR count). The van der Waals surface area contributed by atoms with Gasteiger partial charge < -0.3 is 15.7 Å². The predicted molar refractivity (Wildman–Crippen MR) is 74.3 cm³/mol. The molecule has 0 spiro atoms. The van der Waals surface area contributed by atoms with Gasteiger partial charge in [-0.25, -0.2) is 4.79 Å². The number of aliphatic carboxylic acids is 1. The highest BCUT2D eigenvalue weighted by Crippen LogP contribution is 2.10. The third-order valence-electron chi connectivity index (χ3n) is 2.68. The van der Waals surface area contributed by atoms with E-state index in [2.05, 4.69) is 10.6 Å². The second-order valence-electron chi connectivity index (χ2n) is 4.42. The lowest BCUT2D eigenvalue weighted by Crippen LogP contribution is -2.40. The Balaban J connectivity index is 2.58. The van der Waals surface area contributed by atoms with Gasteiger partial charge in [0.15, 0.2) is 0 Å². The summed E-state index contributed by atoms with van der Waals surface area (Å²) in [5, 5.41) is 13.9. The lowest BCUT2D eigenvalue weighted by atomic mass is 10.1. The number of benzene rings is 1. The summed E-state index contributed by atoms with van der Waals surface area (Å²) in [6.07, 6.45) is 0.437. The second-order valence-corrected chi connectivity index (χ2v) is 4.42. The SMILES string of the molecule is CC[C@@H](NC(=O)Cc1ccc(NC(C)=O)cc1)C(=O)O. The van der Waals surface area contributed by atoms with Gasteiger partial charge in [-0.3, -0.25) is 9.59 Å². The van der Waals surface area contributed by atoms with Crippen LogP contribution in [0.4, 0.5) is 5.69 Å². The molecule has 0 aliphatic heterocycles. The van der Waals surface area contributed by atoms with E-state index in [1.54, 1.807) is 31.2 Å². The molecule has 6 nitrogen and oxygen atoms in total. The van der Waals surface area contributed by atoms with Crippen molar-refractivity contribution in [2.24, 2.45) is 0 Å². The fourth-order valence-electron chi connectivity index (χ4n) is 1.68. The number of rotatable bonds is 6. The molecule has 1 atom stereocenters. The average Bonchev–Trinajstić information content (AvgIpc) is 2.37. The summed E-state index contributed by atoms with van der Waals surface area (Å²) >= 11 is 0. The molecule has 0 bridgehead atoms. The van der Waals surface area contributed by atoms with Crippen LogP contribution in [-0.4, -0.2) is 28.9 Å². The van der Waals surface area contributed by atoms with Crippen LogP contribution in [0.15, 0.2) is 24.3 Å². The number of carboxylic acids is 1. The van der Waals surface area contributed by atoms with E-state index in [4.69, 9.17) is 5.11 Å². The van der Waals surface area contributed by atoms with Crippen molar-refractivity contribution in [1.29, 1.82) is 0 Å². The first-order valence-electron chi connectivity index (χ1n) is 6.31. The molecular formula is C14H18N2O4. The fourth-order valence-corrected chi connectivity index (χ4v) is 1.68. The van der Waals surface area contributed by atoms with Crippen LogP contribution in [0.25, 0.3) is 0 Å². The number of anilines is 1. The minimum absolute atomic E-state index is 0.101. The highest BCUT2D eigenvalue weighted by Gasteiger charge is 2.17. The maximum atomic E-state index is 11.7. The molecule has 20 heavy (non-hydrogen) atoms. The minimum Gasteiger partial charge on any atom is -0.480 e. The van der Waals surface area contributed by atoms with Crippen LogP contribution in [0.1, 0.15) is 25.8 Å². The molecule has 3 N–H and O–H groups in total.